The largest absolute Gasteiger partial charge is 0.467 e. The molecule has 0 amide bonds. The van der Waals surface area contributed by atoms with Gasteiger partial charge in [-0.25, -0.2) is 4.98 Å². The molecule has 1 saturated heterocycles. The van der Waals surface area contributed by atoms with Gasteiger partial charge < -0.3 is 15.4 Å². The minimum absolute atomic E-state index is 0. The molecule has 0 radical (unpaired) electrons. The monoisotopic (exact) mass is 280 g/mol. The Morgan fingerprint density at radius 2 is 2.06 bits per heavy atom. The number of ether oxygens (including phenoxy) is 1. The topological polar surface area (TPSA) is 59.1 Å². The highest BCUT2D eigenvalue weighted by atomic mass is 35.5. The Hall–Kier alpha value is -0.780. The maximum atomic E-state index is 4.97. The normalized spacial score (nSPS) is 15.4. The Bertz CT molecular complexity index is 321. The van der Waals surface area contributed by atoms with Gasteiger partial charge in [0, 0.05) is 12.2 Å². The van der Waals surface area contributed by atoms with E-state index in [0.717, 1.165) is 31.7 Å². The van der Waals surface area contributed by atoms with Crippen LogP contribution in [0.3, 0.4) is 0 Å². The molecule has 0 aromatic carbocycles. The predicted molar refractivity (Wildman–Crippen MR) is 72.6 cm³/mol. The van der Waals surface area contributed by atoms with E-state index in [1.807, 2.05) is 6.07 Å². The van der Waals surface area contributed by atoms with Crippen LogP contribution in [0.15, 0.2) is 12.3 Å². The molecule has 0 aliphatic carbocycles. The summed E-state index contributed by atoms with van der Waals surface area (Å²) in [4.78, 5) is 8.19. The lowest BCUT2D eigenvalue weighted by Crippen LogP contribution is -2.35. The second kappa shape index (κ2) is 8.33. The second-order valence-electron chi connectivity index (χ2n) is 3.60. The zero-order chi connectivity index (χ0) is 10.5. The van der Waals surface area contributed by atoms with E-state index in [9.17, 15) is 0 Å². The molecule has 7 heteroatoms. The molecule has 2 N–H and O–H groups in total. The molecule has 2 heterocycles. The first-order valence-corrected chi connectivity index (χ1v) is 5.23. The number of nitrogens with zero attached hydrogens (tertiary/aromatic N) is 2. The first-order chi connectivity index (χ1) is 7.38. The third-order valence-electron chi connectivity index (χ3n) is 2.51. The summed E-state index contributed by atoms with van der Waals surface area (Å²) in [6.07, 6.45) is 3.97. The van der Waals surface area contributed by atoms with Crippen molar-refractivity contribution in [3.63, 3.8) is 0 Å². The number of methoxy groups -OCH3 is 1. The Morgan fingerprint density at radius 3 is 2.71 bits per heavy atom. The molecule has 98 valence electrons. The van der Waals surface area contributed by atoms with Gasteiger partial charge in [0.15, 0.2) is 0 Å². The van der Waals surface area contributed by atoms with Gasteiger partial charge in [-0.15, -0.1) is 24.8 Å². The van der Waals surface area contributed by atoms with Crippen molar-refractivity contribution in [2.75, 3.05) is 25.5 Å². The SMILES string of the molecule is COc1nccc(NC2CCNCC2)n1.Cl.Cl. The van der Waals surface area contributed by atoms with Gasteiger partial charge in [0.1, 0.15) is 5.82 Å². The zero-order valence-electron chi connectivity index (χ0n) is 9.68. The molecule has 0 unspecified atom stereocenters. The van der Waals surface area contributed by atoms with Crippen molar-refractivity contribution in [1.82, 2.24) is 15.3 Å². The van der Waals surface area contributed by atoms with Crippen molar-refractivity contribution >= 4 is 30.6 Å². The Morgan fingerprint density at radius 1 is 1.35 bits per heavy atom. The first-order valence-electron chi connectivity index (χ1n) is 5.23. The van der Waals surface area contributed by atoms with Gasteiger partial charge in [0.2, 0.25) is 0 Å². The number of piperidine rings is 1. The average molecular weight is 281 g/mol. The molecule has 17 heavy (non-hydrogen) atoms. The number of anilines is 1. The summed E-state index contributed by atoms with van der Waals surface area (Å²) >= 11 is 0. The van der Waals surface area contributed by atoms with Crippen LogP contribution in [0.1, 0.15) is 12.8 Å². The molecule has 1 aromatic rings. The summed E-state index contributed by atoms with van der Waals surface area (Å²) in [5, 5.41) is 6.71. The van der Waals surface area contributed by atoms with Crippen LogP contribution < -0.4 is 15.4 Å². The van der Waals surface area contributed by atoms with Crippen molar-refractivity contribution in [1.29, 1.82) is 0 Å². The molecular formula is C10H18Cl2N4O. The van der Waals surface area contributed by atoms with E-state index in [0.29, 0.717) is 12.1 Å². The molecule has 0 spiro atoms. The van der Waals surface area contributed by atoms with Crippen molar-refractivity contribution < 1.29 is 4.74 Å². The van der Waals surface area contributed by atoms with Crippen molar-refractivity contribution in [3.8, 4) is 6.01 Å². The van der Waals surface area contributed by atoms with Gasteiger partial charge in [-0.3, -0.25) is 0 Å². The quantitative estimate of drug-likeness (QED) is 0.879. The van der Waals surface area contributed by atoms with Gasteiger partial charge >= 0.3 is 6.01 Å². The number of rotatable bonds is 3. The molecular weight excluding hydrogens is 263 g/mol. The molecule has 2 rings (SSSR count). The van der Waals surface area contributed by atoms with Crippen LogP contribution >= 0.6 is 24.8 Å². The van der Waals surface area contributed by atoms with E-state index in [4.69, 9.17) is 4.74 Å². The van der Waals surface area contributed by atoms with Gasteiger partial charge in [-0.1, -0.05) is 0 Å². The standard InChI is InChI=1S/C10H16N4O.2ClH/c1-15-10-12-7-4-9(14-10)13-8-2-5-11-6-3-8;;/h4,7-8,11H,2-3,5-6H2,1H3,(H,12,13,14);2*1H. The van der Waals surface area contributed by atoms with Crippen molar-refractivity contribution in [3.05, 3.63) is 12.3 Å². The Labute approximate surface area is 114 Å². The summed E-state index contributed by atoms with van der Waals surface area (Å²) in [6.45, 7) is 2.14. The summed E-state index contributed by atoms with van der Waals surface area (Å²) in [7, 11) is 1.57. The lowest BCUT2D eigenvalue weighted by molar-refractivity contribution is 0.380. The molecule has 1 fully saturated rings. The van der Waals surface area contributed by atoms with Crippen LogP contribution in [-0.2, 0) is 0 Å². The first kappa shape index (κ1) is 16.2. The minimum atomic E-state index is 0. The maximum Gasteiger partial charge on any atom is 0.318 e. The average Bonchev–Trinajstić information content (AvgIpc) is 2.31. The number of halogens is 2. The second-order valence-corrected chi connectivity index (χ2v) is 3.60. The van der Waals surface area contributed by atoms with Crippen LogP contribution in [0, 0.1) is 0 Å². The van der Waals surface area contributed by atoms with Gasteiger partial charge in [0.25, 0.3) is 0 Å². The van der Waals surface area contributed by atoms with Gasteiger partial charge in [0.05, 0.1) is 7.11 Å². The third kappa shape index (κ3) is 4.93. The van der Waals surface area contributed by atoms with E-state index < -0.39 is 0 Å². The van der Waals surface area contributed by atoms with Crippen LogP contribution in [0.2, 0.25) is 0 Å². The predicted octanol–water partition coefficient (Wildman–Crippen LogP) is 1.49. The fraction of sp³-hybridized carbons (Fsp3) is 0.600. The van der Waals surface area contributed by atoms with Crippen molar-refractivity contribution in [2.24, 2.45) is 0 Å². The third-order valence-corrected chi connectivity index (χ3v) is 2.51. The number of hydrogen-bond acceptors (Lipinski definition) is 5. The van der Waals surface area contributed by atoms with E-state index >= 15 is 0 Å². The fourth-order valence-electron chi connectivity index (χ4n) is 1.69. The highest BCUT2D eigenvalue weighted by molar-refractivity contribution is 5.85. The number of aromatic nitrogens is 2. The molecule has 1 aromatic heterocycles. The molecule has 0 saturated carbocycles. The van der Waals surface area contributed by atoms with Gasteiger partial charge in [-0.2, -0.15) is 4.98 Å². The van der Waals surface area contributed by atoms with Crippen LogP contribution in [0.4, 0.5) is 5.82 Å². The summed E-state index contributed by atoms with van der Waals surface area (Å²) in [5.74, 6) is 0.841. The number of nitrogens with one attached hydrogen (secondary N) is 2. The Kier molecular flexibility index (Phi) is 7.95. The highest BCUT2D eigenvalue weighted by Gasteiger charge is 2.13. The van der Waals surface area contributed by atoms with E-state index in [2.05, 4.69) is 20.6 Å². The molecule has 0 bridgehead atoms. The molecule has 0 atom stereocenters. The van der Waals surface area contributed by atoms with E-state index in [1.54, 1.807) is 13.3 Å². The van der Waals surface area contributed by atoms with E-state index in [-0.39, 0.29) is 24.8 Å². The molecule has 1 aliphatic rings. The molecule has 5 nitrogen and oxygen atoms in total. The smallest absolute Gasteiger partial charge is 0.318 e. The zero-order valence-corrected chi connectivity index (χ0v) is 11.3. The van der Waals surface area contributed by atoms with Gasteiger partial charge in [-0.05, 0) is 32.0 Å². The lowest BCUT2D eigenvalue weighted by atomic mass is 10.1. The van der Waals surface area contributed by atoms with Crippen LogP contribution in [-0.4, -0.2) is 36.2 Å². The maximum absolute atomic E-state index is 4.97. The van der Waals surface area contributed by atoms with Crippen molar-refractivity contribution in [2.45, 2.75) is 18.9 Å². The minimum Gasteiger partial charge on any atom is -0.467 e. The Balaban J connectivity index is 0.00000128. The fourth-order valence-corrected chi connectivity index (χ4v) is 1.69. The van der Waals surface area contributed by atoms with Crippen LogP contribution in [0.5, 0.6) is 6.01 Å². The highest BCUT2D eigenvalue weighted by Crippen LogP contribution is 2.12. The van der Waals surface area contributed by atoms with Crippen LogP contribution in [0.25, 0.3) is 0 Å². The summed E-state index contributed by atoms with van der Waals surface area (Å²) in [6, 6.07) is 2.78. The van der Waals surface area contributed by atoms with E-state index in [1.165, 1.54) is 0 Å². The summed E-state index contributed by atoms with van der Waals surface area (Å²) in [5.41, 5.74) is 0. The summed E-state index contributed by atoms with van der Waals surface area (Å²) < 4.78 is 4.97. The lowest BCUT2D eigenvalue weighted by Gasteiger charge is -2.24. The molecule has 1 aliphatic heterocycles. The number of hydrogen-bond donors (Lipinski definition) is 2.